The number of halogens is 3. The van der Waals surface area contributed by atoms with Crippen LogP contribution in [0.25, 0.3) is 16.3 Å². The van der Waals surface area contributed by atoms with Gasteiger partial charge in [0.1, 0.15) is 12.3 Å². The number of anilines is 2. The number of nitrogens with one attached hydrogen (secondary N) is 2. The molecule has 11 heteroatoms. The molecule has 1 saturated heterocycles. The third kappa shape index (κ3) is 11.8. The SMILES string of the molecule is CCC(C)C.CCN1CCC([N-]Nc2cccc3c2cc(C#CCNc2ccc(SC)cc2OC)n3CC(F)(F)F)CC1.[Y]. The number of aromatic nitrogens is 1. The molecule has 1 aliphatic heterocycles. The summed E-state index contributed by atoms with van der Waals surface area (Å²) >= 11 is 1.61. The van der Waals surface area contributed by atoms with Crippen molar-refractivity contribution in [3.05, 3.63) is 53.6 Å². The summed E-state index contributed by atoms with van der Waals surface area (Å²) in [4.78, 5) is 3.46. The Labute approximate surface area is 290 Å². The molecule has 0 saturated carbocycles. The zero-order valence-corrected chi connectivity index (χ0v) is 30.4. The fourth-order valence-corrected chi connectivity index (χ4v) is 5.01. The number of benzene rings is 2. The number of hydrogen-bond acceptors (Lipinski definition) is 5. The van der Waals surface area contributed by atoms with Crippen molar-refractivity contribution in [3.63, 3.8) is 0 Å². The van der Waals surface area contributed by atoms with Gasteiger partial charge in [0.15, 0.2) is 0 Å². The van der Waals surface area contributed by atoms with E-state index in [-0.39, 0.29) is 45.3 Å². The van der Waals surface area contributed by atoms with Gasteiger partial charge in [-0.1, -0.05) is 58.9 Å². The summed E-state index contributed by atoms with van der Waals surface area (Å²) in [6.07, 6.45) is 0.827. The number of piperidine rings is 1. The molecule has 0 bridgehead atoms. The summed E-state index contributed by atoms with van der Waals surface area (Å²) in [6.45, 7) is 11.0. The van der Waals surface area contributed by atoms with Crippen molar-refractivity contribution in [2.24, 2.45) is 5.92 Å². The molecule has 0 aliphatic carbocycles. The second-order valence-corrected chi connectivity index (χ2v) is 11.8. The molecule has 1 aliphatic rings. The second-order valence-electron chi connectivity index (χ2n) is 10.9. The Hall–Kier alpha value is -1.90. The molecule has 0 spiro atoms. The molecule has 0 atom stereocenters. The number of likely N-dealkylation sites (tertiary alicyclic amines) is 1. The summed E-state index contributed by atoms with van der Waals surface area (Å²) in [5.41, 5.74) is 10.0. The normalized spacial score (nSPS) is 13.9. The van der Waals surface area contributed by atoms with Crippen molar-refractivity contribution < 1.29 is 50.6 Å². The third-order valence-corrected chi connectivity index (χ3v) is 8.19. The first-order valence-corrected chi connectivity index (χ1v) is 16.1. The van der Waals surface area contributed by atoms with Crippen molar-refractivity contribution >= 4 is 34.0 Å². The minimum Gasteiger partial charge on any atom is -0.568 e. The van der Waals surface area contributed by atoms with Gasteiger partial charge in [0.25, 0.3) is 0 Å². The molecule has 0 unspecified atom stereocenters. The van der Waals surface area contributed by atoms with Gasteiger partial charge < -0.3 is 30.4 Å². The van der Waals surface area contributed by atoms with Gasteiger partial charge in [0.05, 0.1) is 30.6 Å². The van der Waals surface area contributed by atoms with Gasteiger partial charge in [-0.25, -0.2) is 0 Å². The van der Waals surface area contributed by atoms with Crippen LogP contribution in [0.2, 0.25) is 0 Å². The maximum atomic E-state index is 13.5. The summed E-state index contributed by atoms with van der Waals surface area (Å²) in [5.74, 6) is 7.48. The van der Waals surface area contributed by atoms with Crippen LogP contribution in [0.15, 0.2) is 47.4 Å². The molecule has 2 heterocycles. The molecule has 1 aromatic heterocycles. The van der Waals surface area contributed by atoms with Crippen LogP contribution in [-0.2, 0) is 39.3 Å². The molecular weight excluding hydrogens is 660 g/mol. The first kappa shape index (κ1) is 38.3. The van der Waals surface area contributed by atoms with E-state index in [2.05, 4.69) is 60.6 Å². The van der Waals surface area contributed by atoms with Gasteiger partial charge in [-0.2, -0.15) is 13.2 Å². The van der Waals surface area contributed by atoms with Gasteiger partial charge in [0.2, 0.25) is 0 Å². The van der Waals surface area contributed by atoms with E-state index < -0.39 is 12.7 Å². The van der Waals surface area contributed by atoms with Gasteiger partial charge in [-0.15, -0.1) is 17.8 Å². The van der Waals surface area contributed by atoms with Crippen molar-refractivity contribution in [2.75, 3.05) is 50.3 Å². The summed E-state index contributed by atoms with van der Waals surface area (Å²) in [7, 11) is 1.60. The quantitative estimate of drug-likeness (QED) is 0.126. The maximum Gasteiger partial charge on any atom is 0.406 e. The van der Waals surface area contributed by atoms with E-state index in [4.69, 9.17) is 4.74 Å². The third-order valence-electron chi connectivity index (χ3n) is 7.46. The van der Waals surface area contributed by atoms with E-state index in [0.717, 1.165) is 49.0 Å². The molecule has 2 N–H and O–H groups in total. The standard InChI is InChI=1S/C28H33F3N5OS.C5H12.Y/c1-4-35-15-12-20(13-16-35)33-34-24-8-5-9-26-23(24)17-21(36(26)19-28(29,30)31)7-6-14-32-25-11-10-22(38-3)18-27(25)37-2;1-4-5(2)3;/h5,8-11,17-18,20,32,34H,4,12-16,19H2,1-3H3;5H,4H2,1-3H3;/q-1;;. The molecule has 4 rings (SSSR count). The Morgan fingerprint density at radius 1 is 1.09 bits per heavy atom. The van der Waals surface area contributed by atoms with Crippen molar-refractivity contribution in [1.82, 2.24) is 9.47 Å². The van der Waals surface area contributed by atoms with Gasteiger partial charge in [0, 0.05) is 48.7 Å². The zero-order valence-electron chi connectivity index (χ0n) is 26.7. The number of methoxy groups -OCH3 is 1. The van der Waals surface area contributed by atoms with Crippen LogP contribution in [0, 0.1) is 17.8 Å². The van der Waals surface area contributed by atoms with E-state index >= 15 is 0 Å². The number of nitrogens with zero attached hydrogens (tertiary/aromatic N) is 3. The smallest absolute Gasteiger partial charge is 0.406 e. The number of thioether (sulfide) groups is 1. The monoisotopic (exact) mass is 705 g/mol. The van der Waals surface area contributed by atoms with Crippen LogP contribution in [-0.4, -0.2) is 61.2 Å². The van der Waals surface area contributed by atoms with E-state index in [1.165, 1.54) is 11.0 Å². The van der Waals surface area contributed by atoms with E-state index in [1.807, 2.05) is 30.5 Å². The Kier molecular flexibility index (Phi) is 16.5. The van der Waals surface area contributed by atoms with Gasteiger partial charge in [-0.3, -0.25) is 0 Å². The van der Waals surface area contributed by atoms with Crippen LogP contribution in [0.3, 0.4) is 0 Å². The average Bonchev–Trinajstić information content (AvgIpc) is 3.34. The molecule has 1 fully saturated rings. The van der Waals surface area contributed by atoms with Crippen LogP contribution >= 0.6 is 11.8 Å². The number of fused-ring (bicyclic) bond motifs is 1. The van der Waals surface area contributed by atoms with Crippen molar-refractivity contribution in [1.29, 1.82) is 0 Å². The Morgan fingerprint density at radius 2 is 1.80 bits per heavy atom. The van der Waals surface area contributed by atoms with Crippen molar-refractivity contribution in [3.8, 4) is 17.6 Å². The molecular formula is C33H45F3N5OSY-. The zero-order chi connectivity index (χ0) is 31.4. The van der Waals surface area contributed by atoms with Crippen LogP contribution < -0.4 is 15.5 Å². The first-order valence-electron chi connectivity index (χ1n) is 14.9. The topological polar surface area (TPSA) is 55.6 Å². The predicted octanol–water partition coefficient (Wildman–Crippen LogP) is 8.63. The van der Waals surface area contributed by atoms with Gasteiger partial charge >= 0.3 is 6.18 Å². The predicted molar refractivity (Wildman–Crippen MR) is 175 cm³/mol. The van der Waals surface area contributed by atoms with Crippen molar-refractivity contribution in [2.45, 2.75) is 70.6 Å². The average molecular weight is 706 g/mol. The molecule has 0 amide bonds. The summed E-state index contributed by atoms with van der Waals surface area (Å²) < 4.78 is 47.2. The number of rotatable bonds is 10. The van der Waals surface area contributed by atoms with E-state index in [0.29, 0.717) is 28.0 Å². The summed E-state index contributed by atoms with van der Waals surface area (Å²) in [6, 6.07) is 13.0. The Bertz CT molecular complexity index is 1360. The fraction of sp³-hybridized carbons (Fsp3) is 0.515. The fourth-order valence-electron chi connectivity index (χ4n) is 4.58. The minimum absolute atomic E-state index is 0. The van der Waals surface area contributed by atoms with Crippen LogP contribution in [0.5, 0.6) is 5.75 Å². The van der Waals surface area contributed by atoms with Gasteiger partial charge in [-0.05, 0) is 74.1 Å². The van der Waals surface area contributed by atoms with E-state index in [9.17, 15) is 13.2 Å². The number of alkyl halides is 3. The second kappa shape index (κ2) is 18.9. The van der Waals surface area contributed by atoms with Crippen LogP contribution in [0.4, 0.5) is 24.5 Å². The summed E-state index contributed by atoms with van der Waals surface area (Å²) in [5, 5.41) is 3.86. The molecule has 3 aromatic rings. The molecule has 6 nitrogen and oxygen atoms in total. The number of hydrogen-bond donors (Lipinski definition) is 2. The van der Waals surface area contributed by atoms with Crippen LogP contribution in [0.1, 0.15) is 52.7 Å². The molecule has 2 aromatic carbocycles. The first-order chi connectivity index (χ1) is 20.6. The molecule has 44 heavy (non-hydrogen) atoms. The molecule has 239 valence electrons. The van der Waals surface area contributed by atoms with E-state index in [1.54, 1.807) is 37.1 Å². The Balaban J connectivity index is 0.00000104. The maximum absolute atomic E-state index is 13.5. The largest absolute Gasteiger partial charge is 0.568 e. The minimum atomic E-state index is -4.38. The molecule has 1 radical (unpaired) electrons. The number of ether oxygens (including phenoxy) is 1. The Morgan fingerprint density at radius 3 is 2.39 bits per heavy atom.